The van der Waals surface area contributed by atoms with Gasteiger partial charge < -0.3 is 15.4 Å². The minimum atomic E-state index is -0.635. The molecule has 0 saturated heterocycles. The lowest BCUT2D eigenvalue weighted by Gasteiger charge is -2.12. The van der Waals surface area contributed by atoms with Crippen LogP contribution in [0.3, 0.4) is 0 Å². The molecule has 6 heteroatoms. The number of ether oxygens (including phenoxy) is 1. The van der Waals surface area contributed by atoms with Crippen LogP contribution in [-0.2, 0) is 22.4 Å². The number of carbonyl (C=O) groups excluding carboxylic acids is 2. The second-order valence-electron chi connectivity index (χ2n) is 5.84. The molecule has 0 saturated carbocycles. The summed E-state index contributed by atoms with van der Waals surface area (Å²) in [7, 11) is 0. The van der Waals surface area contributed by atoms with E-state index in [4.69, 9.17) is 16.3 Å². The Kier molecular flexibility index (Phi) is 5.24. The maximum Gasteiger partial charge on any atom is 0.261 e. The Hall–Kier alpha value is -2.53. The predicted molar refractivity (Wildman–Crippen MR) is 97.0 cm³/mol. The van der Waals surface area contributed by atoms with Gasteiger partial charge in [-0.2, -0.15) is 0 Å². The molecule has 2 N–H and O–H groups in total. The third-order valence-corrected chi connectivity index (χ3v) is 4.32. The van der Waals surface area contributed by atoms with Gasteiger partial charge in [-0.05, 0) is 41.8 Å². The van der Waals surface area contributed by atoms with E-state index < -0.39 is 6.10 Å². The average Bonchev–Trinajstić information content (AvgIpc) is 3.03. The summed E-state index contributed by atoms with van der Waals surface area (Å²) in [5.41, 5.74) is 2.71. The topological polar surface area (TPSA) is 67.4 Å². The number of nitrogens with one attached hydrogen (secondary N) is 2. The number of hydrogen-bond donors (Lipinski definition) is 2. The highest BCUT2D eigenvalue weighted by molar-refractivity contribution is 6.30. The van der Waals surface area contributed by atoms with Crippen LogP contribution in [0.1, 0.15) is 18.1 Å². The fraction of sp³-hybridized carbons (Fsp3) is 0.263. The van der Waals surface area contributed by atoms with Gasteiger partial charge in [0.25, 0.3) is 5.91 Å². The molecular formula is C19H19ClN2O3. The molecule has 2 aromatic rings. The van der Waals surface area contributed by atoms with Crippen molar-refractivity contribution >= 4 is 29.1 Å². The zero-order valence-electron chi connectivity index (χ0n) is 13.8. The zero-order valence-corrected chi connectivity index (χ0v) is 14.6. The summed E-state index contributed by atoms with van der Waals surface area (Å²) in [6, 6.07) is 12.9. The molecule has 1 heterocycles. The molecule has 0 radical (unpaired) electrons. The van der Waals surface area contributed by atoms with Crippen LogP contribution in [0.2, 0.25) is 5.02 Å². The van der Waals surface area contributed by atoms with Crippen LogP contribution in [0.4, 0.5) is 5.69 Å². The smallest absolute Gasteiger partial charge is 0.261 e. The van der Waals surface area contributed by atoms with Crippen molar-refractivity contribution in [2.24, 2.45) is 0 Å². The summed E-state index contributed by atoms with van der Waals surface area (Å²) < 4.78 is 5.61. The molecule has 0 unspecified atom stereocenters. The molecule has 3 rings (SSSR count). The maximum atomic E-state index is 12.2. The van der Waals surface area contributed by atoms with Crippen molar-refractivity contribution in [3.63, 3.8) is 0 Å². The van der Waals surface area contributed by atoms with E-state index in [1.807, 2.05) is 31.2 Å². The summed E-state index contributed by atoms with van der Waals surface area (Å²) in [5.74, 6) is 0.0740. The largest absolute Gasteiger partial charge is 0.480 e. The Labute approximate surface area is 151 Å². The SMILES string of the molecule is CCc1ccccc1NC(=O)CNC(=O)[C@@H]1Cc2cc(Cl)ccc2O1. The second kappa shape index (κ2) is 7.57. The third kappa shape index (κ3) is 4.12. The molecule has 0 bridgehead atoms. The lowest BCUT2D eigenvalue weighted by molar-refractivity contribution is -0.129. The number of rotatable bonds is 5. The van der Waals surface area contributed by atoms with Crippen molar-refractivity contribution in [2.45, 2.75) is 25.9 Å². The molecule has 1 aliphatic heterocycles. The van der Waals surface area contributed by atoms with E-state index >= 15 is 0 Å². The predicted octanol–water partition coefficient (Wildman–Crippen LogP) is 2.96. The summed E-state index contributed by atoms with van der Waals surface area (Å²) in [6.07, 6.45) is 0.630. The second-order valence-corrected chi connectivity index (χ2v) is 6.28. The standard InChI is InChI=1S/C19H19ClN2O3/c1-2-12-5-3-4-6-15(12)22-18(23)11-21-19(24)17-10-13-9-14(20)7-8-16(13)25-17/h3-9,17H,2,10-11H2,1H3,(H,21,24)(H,22,23)/t17-/m0/s1. The number of amides is 2. The lowest BCUT2D eigenvalue weighted by atomic mass is 10.1. The number of benzene rings is 2. The van der Waals surface area contributed by atoms with Gasteiger partial charge >= 0.3 is 0 Å². The van der Waals surface area contributed by atoms with E-state index in [2.05, 4.69) is 10.6 Å². The van der Waals surface area contributed by atoms with Crippen LogP contribution >= 0.6 is 11.6 Å². The van der Waals surface area contributed by atoms with Crippen molar-refractivity contribution in [1.82, 2.24) is 5.32 Å². The van der Waals surface area contributed by atoms with Crippen molar-refractivity contribution in [3.05, 3.63) is 58.6 Å². The Morgan fingerprint density at radius 3 is 2.84 bits per heavy atom. The van der Waals surface area contributed by atoms with E-state index in [-0.39, 0.29) is 18.4 Å². The molecular weight excluding hydrogens is 340 g/mol. The average molecular weight is 359 g/mol. The number of hydrogen-bond acceptors (Lipinski definition) is 3. The Balaban J connectivity index is 1.52. The van der Waals surface area contributed by atoms with Crippen LogP contribution in [0.25, 0.3) is 0 Å². The van der Waals surface area contributed by atoms with Gasteiger partial charge in [-0.25, -0.2) is 0 Å². The highest BCUT2D eigenvalue weighted by atomic mass is 35.5. The lowest BCUT2D eigenvalue weighted by Crippen LogP contribution is -2.41. The van der Waals surface area contributed by atoms with Crippen LogP contribution in [0.5, 0.6) is 5.75 Å². The normalized spacial score (nSPS) is 15.2. The summed E-state index contributed by atoms with van der Waals surface area (Å²) in [6.45, 7) is 1.92. The monoisotopic (exact) mass is 358 g/mol. The van der Waals surface area contributed by atoms with Gasteiger partial charge in [0.2, 0.25) is 5.91 Å². The van der Waals surface area contributed by atoms with Crippen molar-refractivity contribution in [3.8, 4) is 5.75 Å². The van der Waals surface area contributed by atoms with E-state index in [0.717, 1.165) is 23.2 Å². The fourth-order valence-corrected chi connectivity index (χ4v) is 2.98. The van der Waals surface area contributed by atoms with E-state index in [1.165, 1.54) is 0 Å². The number of aryl methyl sites for hydroxylation is 1. The highest BCUT2D eigenvalue weighted by Crippen LogP contribution is 2.31. The van der Waals surface area contributed by atoms with Gasteiger partial charge in [0.15, 0.2) is 6.10 Å². The van der Waals surface area contributed by atoms with E-state index in [1.54, 1.807) is 18.2 Å². The number of halogens is 1. The van der Waals surface area contributed by atoms with Crippen molar-refractivity contribution in [2.75, 3.05) is 11.9 Å². The Morgan fingerprint density at radius 1 is 1.24 bits per heavy atom. The first-order valence-corrected chi connectivity index (χ1v) is 8.55. The first-order valence-electron chi connectivity index (χ1n) is 8.17. The number of carbonyl (C=O) groups is 2. The first-order chi connectivity index (χ1) is 12.1. The summed E-state index contributed by atoms with van der Waals surface area (Å²) in [5, 5.41) is 6.05. The molecule has 1 aliphatic rings. The Morgan fingerprint density at radius 2 is 2.04 bits per heavy atom. The van der Waals surface area contributed by atoms with Crippen LogP contribution in [0, 0.1) is 0 Å². The Bertz CT molecular complexity index is 807. The molecule has 130 valence electrons. The van der Waals surface area contributed by atoms with Gasteiger partial charge in [0.1, 0.15) is 5.75 Å². The third-order valence-electron chi connectivity index (χ3n) is 4.09. The van der Waals surface area contributed by atoms with Gasteiger partial charge in [0.05, 0.1) is 6.54 Å². The van der Waals surface area contributed by atoms with Crippen molar-refractivity contribution in [1.29, 1.82) is 0 Å². The quantitative estimate of drug-likeness (QED) is 0.863. The van der Waals surface area contributed by atoms with Crippen molar-refractivity contribution < 1.29 is 14.3 Å². The van der Waals surface area contributed by atoms with Gasteiger partial charge in [0, 0.05) is 17.1 Å². The minimum absolute atomic E-state index is 0.103. The fourth-order valence-electron chi connectivity index (χ4n) is 2.79. The van der Waals surface area contributed by atoms with Gasteiger partial charge in [-0.15, -0.1) is 0 Å². The number of anilines is 1. The van der Waals surface area contributed by atoms with Gasteiger partial charge in [-0.1, -0.05) is 36.7 Å². The summed E-state index contributed by atoms with van der Waals surface area (Å²) >= 11 is 5.95. The molecule has 0 spiro atoms. The van der Waals surface area contributed by atoms with Crippen LogP contribution in [-0.4, -0.2) is 24.5 Å². The molecule has 2 amide bonds. The minimum Gasteiger partial charge on any atom is -0.480 e. The highest BCUT2D eigenvalue weighted by Gasteiger charge is 2.29. The van der Waals surface area contributed by atoms with Crippen LogP contribution < -0.4 is 15.4 Å². The number of fused-ring (bicyclic) bond motifs is 1. The molecule has 0 aromatic heterocycles. The van der Waals surface area contributed by atoms with Gasteiger partial charge in [-0.3, -0.25) is 9.59 Å². The summed E-state index contributed by atoms with van der Waals surface area (Å²) in [4.78, 5) is 24.3. The first kappa shape index (κ1) is 17.3. The molecule has 25 heavy (non-hydrogen) atoms. The molecule has 1 atom stereocenters. The van der Waals surface area contributed by atoms with E-state index in [0.29, 0.717) is 17.2 Å². The maximum absolute atomic E-state index is 12.2. The van der Waals surface area contributed by atoms with E-state index in [9.17, 15) is 9.59 Å². The number of para-hydroxylation sites is 1. The van der Waals surface area contributed by atoms with Crippen LogP contribution in [0.15, 0.2) is 42.5 Å². The molecule has 5 nitrogen and oxygen atoms in total. The molecule has 2 aromatic carbocycles. The molecule has 0 aliphatic carbocycles. The molecule has 0 fully saturated rings. The zero-order chi connectivity index (χ0) is 17.8.